The Kier molecular flexibility index (Phi) is 3.85. The molecule has 1 N–H and O–H groups in total. The molecule has 0 aromatic heterocycles. The summed E-state index contributed by atoms with van der Waals surface area (Å²) < 4.78 is 1.06. The molecular formula is C19H19BrN2O. The molecule has 118 valence electrons. The number of likely N-dealkylation sites (tertiary alicyclic amines) is 1. The Morgan fingerprint density at radius 2 is 1.96 bits per heavy atom. The molecule has 1 amide bonds. The molecule has 2 atom stereocenters. The third-order valence-corrected chi connectivity index (χ3v) is 5.34. The van der Waals surface area contributed by atoms with Gasteiger partial charge >= 0.3 is 0 Å². The zero-order chi connectivity index (χ0) is 15.8. The maximum Gasteiger partial charge on any atom is 0.223 e. The van der Waals surface area contributed by atoms with E-state index in [-0.39, 0.29) is 18.0 Å². The molecule has 2 aromatic carbocycles. The number of hydrogen-bond donors (Lipinski definition) is 1. The highest BCUT2D eigenvalue weighted by Gasteiger charge is 2.35. The number of carbonyl (C=O) groups is 1. The van der Waals surface area contributed by atoms with Gasteiger partial charge in [0.15, 0.2) is 0 Å². The van der Waals surface area contributed by atoms with Gasteiger partial charge < -0.3 is 10.2 Å². The molecule has 0 bridgehead atoms. The van der Waals surface area contributed by atoms with E-state index in [9.17, 15) is 4.79 Å². The van der Waals surface area contributed by atoms with Gasteiger partial charge in [0.1, 0.15) is 0 Å². The van der Waals surface area contributed by atoms with Crippen molar-refractivity contribution in [2.75, 3.05) is 11.9 Å². The van der Waals surface area contributed by atoms with Gasteiger partial charge in [0, 0.05) is 23.1 Å². The molecule has 2 aliphatic rings. The predicted octanol–water partition coefficient (Wildman–Crippen LogP) is 4.67. The SMILES string of the molecule is O=C1CCCN1C1CC(c2ccccc2)Nc2ccc(Br)cc21. The van der Waals surface area contributed by atoms with Crippen LogP contribution in [0.3, 0.4) is 0 Å². The molecule has 4 heteroatoms. The normalized spacial score (nSPS) is 23.5. The van der Waals surface area contributed by atoms with E-state index in [1.54, 1.807) is 0 Å². The van der Waals surface area contributed by atoms with Crippen LogP contribution in [-0.4, -0.2) is 17.4 Å². The van der Waals surface area contributed by atoms with Gasteiger partial charge in [-0.15, -0.1) is 0 Å². The van der Waals surface area contributed by atoms with Gasteiger partial charge in [0.2, 0.25) is 5.91 Å². The maximum atomic E-state index is 12.3. The summed E-state index contributed by atoms with van der Waals surface area (Å²) in [7, 11) is 0. The number of amides is 1. The molecule has 1 saturated heterocycles. The molecule has 0 saturated carbocycles. The Hall–Kier alpha value is -1.81. The van der Waals surface area contributed by atoms with Gasteiger partial charge in [-0.2, -0.15) is 0 Å². The third-order valence-electron chi connectivity index (χ3n) is 4.85. The highest BCUT2D eigenvalue weighted by molar-refractivity contribution is 9.10. The van der Waals surface area contributed by atoms with Gasteiger partial charge in [-0.3, -0.25) is 4.79 Å². The van der Waals surface area contributed by atoms with Crippen LogP contribution in [0.2, 0.25) is 0 Å². The first-order valence-corrected chi connectivity index (χ1v) is 8.92. The molecule has 2 aromatic rings. The van der Waals surface area contributed by atoms with E-state index in [2.05, 4.69) is 68.6 Å². The minimum Gasteiger partial charge on any atom is -0.378 e. The van der Waals surface area contributed by atoms with E-state index < -0.39 is 0 Å². The summed E-state index contributed by atoms with van der Waals surface area (Å²) in [5.74, 6) is 0.287. The van der Waals surface area contributed by atoms with E-state index in [1.165, 1.54) is 11.1 Å². The summed E-state index contributed by atoms with van der Waals surface area (Å²) in [6.45, 7) is 0.872. The Bertz CT molecular complexity index is 731. The highest BCUT2D eigenvalue weighted by atomic mass is 79.9. The predicted molar refractivity (Wildman–Crippen MR) is 95.3 cm³/mol. The summed E-state index contributed by atoms with van der Waals surface area (Å²) in [6, 6.07) is 17.2. The lowest BCUT2D eigenvalue weighted by atomic mass is 9.88. The largest absolute Gasteiger partial charge is 0.378 e. The lowest BCUT2D eigenvalue weighted by Gasteiger charge is -2.38. The van der Waals surface area contributed by atoms with E-state index in [0.29, 0.717) is 6.42 Å². The first kappa shape index (κ1) is 14.8. The molecule has 0 spiro atoms. The van der Waals surface area contributed by atoms with Crippen molar-refractivity contribution in [3.63, 3.8) is 0 Å². The van der Waals surface area contributed by atoms with E-state index in [4.69, 9.17) is 0 Å². The van der Waals surface area contributed by atoms with Gasteiger partial charge in [0.05, 0.1) is 12.1 Å². The molecule has 2 heterocycles. The molecular weight excluding hydrogens is 352 g/mol. The van der Waals surface area contributed by atoms with Crippen LogP contribution >= 0.6 is 15.9 Å². The molecule has 0 radical (unpaired) electrons. The second kappa shape index (κ2) is 6.00. The number of nitrogens with one attached hydrogen (secondary N) is 1. The van der Waals surface area contributed by atoms with Crippen LogP contribution in [0, 0.1) is 0 Å². The molecule has 23 heavy (non-hydrogen) atoms. The average molecular weight is 371 g/mol. The topological polar surface area (TPSA) is 32.3 Å². The summed E-state index contributed by atoms with van der Waals surface area (Å²) in [5, 5.41) is 3.65. The van der Waals surface area contributed by atoms with Crippen molar-refractivity contribution in [1.29, 1.82) is 0 Å². The Morgan fingerprint density at radius 3 is 2.70 bits per heavy atom. The minimum atomic E-state index is 0.156. The van der Waals surface area contributed by atoms with Crippen LogP contribution in [0.25, 0.3) is 0 Å². The number of rotatable bonds is 2. The monoisotopic (exact) mass is 370 g/mol. The van der Waals surface area contributed by atoms with Crippen molar-refractivity contribution in [2.45, 2.75) is 31.3 Å². The summed E-state index contributed by atoms with van der Waals surface area (Å²) in [6.07, 6.45) is 2.57. The molecule has 4 rings (SSSR count). The zero-order valence-corrected chi connectivity index (χ0v) is 14.4. The van der Waals surface area contributed by atoms with Gasteiger partial charge in [-0.25, -0.2) is 0 Å². The van der Waals surface area contributed by atoms with E-state index >= 15 is 0 Å². The van der Waals surface area contributed by atoms with Gasteiger partial charge in [0.25, 0.3) is 0 Å². The smallest absolute Gasteiger partial charge is 0.223 e. The van der Waals surface area contributed by atoms with Crippen LogP contribution in [0.4, 0.5) is 5.69 Å². The third kappa shape index (κ3) is 2.76. The second-order valence-electron chi connectivity index (χ2n) is 6.28. The number of anilines is 1. The van der Waals surface area contributed by atoms with Crippen LogP contribution in [-0.2, 0) is 4.79 Å². The Labute approximate surface area is 144 Å². The van der Waals surface area contributed by atoms with Crippen molar-refractivity contribution in [2.24, 2.45) is 0 Å². The van der Waals surface area contributed by atoms with E-state index in [0.717, 1.165) is 29.5 Å². The number of nitrogens with zero attached hydrogens (tertiary/aromatic N) is 1. The quantitative estimate of drug-likeness (QED) is 0.832. The van der Waals surface area contributed by atoms with Crippen LogP contribution in [0.15, 0.2) is 53.0 Å². The Morgan fingerprint density at radius 1 is 1.13 bits per heavy atom. The minimum absolute atomic E-state index is 0.156. The van der Waals surface area contributed by atoms with E-state index in [1.807, 2.05) is 6.07 Å². The molecule has 0 aliphatic carbocycles. The Balaban J connectivity index is 1.74. The van der Waals surface area contributed by atoms with Crippen molar-refractivity contribution in [3.05, 3.63) is 64.1 Å². The van der Waals surface area contributed by atoms with Gasteiger partial charge in [-0.1, -0.05) is 46.3 Å². The van der Waals surface area contributed by atoms with Crippen LogP contribution < -0.4 is 5.32 Å². The fraction of sp³-hybridized carbons (Fsp3) is 0.316. The van der Waals surface area contributed by atoms with Crippen molar-refractivity contribution >= 4 is 27.5 Å². The number of halogens is 1. The fourth-order valence-corrected chi connectivity index (χ4v) is 4.11. The van der Waals surface area contributed by atoms with Crippen LogP contribution in [0.1, 0.15) is 42.5 Å². The number of fused-ring (bicyclic) bond motifs is 1. The molecule has 2 aliphatic heterocycles. The van der Waals surface area contributed by atoms with Crippen molar-refractivity contribution in [1.82, 2.24) is 4.90 Å². The maximum absolute atomic E-state index is 12.3. The molecule has 3 nitrogen and oxygen atoms in total. The summed E-state index contributed by atoms with van der Waals surface area (Å²) in [5.41, 5.74) is 3.64. The standard InChI is InChI=1S/C19H19BrN2O/c20-14-8-9-16-15(11-14)18(22-10-4-7-19(22)23)12-17(21-16)13-5-2-1-3-6-13/h1-3,5-6,8-9,11,17-18,21H,4,7,10,12H2. The van der Waals surface area contributed by atoms with Crippen molar-refractivity contribution < 1.29 is 4.79 Å². The lowest BCUT2D eigenvalue weighted by molar-refractivity contribution is -0.130. The summed E-state index contributed by atoms with van der Waals surface area (Å²) >= 11 is 3.57. The lowest BCUT2D eigenvalue weighted by Crippen LogP contribution is -2.35. The van der Waals surface area contributed by atoms with Crippen LogP contribution in [0.5, 0.6) is 0 Å². The summed E-state index contributed by atoms with van der Waals surface area (Å²) in [4.78, 5) is 14.4. The molecule has 2 unspecified atom stereocenters. The first-order chi connectivity index (χ1) is 11.2. The fourth-order valence-electron chi connectivity index (χ4n) is 3.74. The van der Waals surface area contributed by atoms with Crippen molar-refractivity contribution in [3.8, 4) is 0 Å². The second-order valence-corrected chi connectivity index (χ2v) is 7.20. The number of hydrogen-bond acceptors (Lipinski definition) is 2. The number of carbonyl (C=O) groups excluding carboxylic acids is 1. The first-order valence-electron chi connectivity index (χ1n) is 8.13. The number of benzene rings is 2. The average Bonchev–Trinajstić information content (AvgIpc) is 3.00. The highest BCUT2D eigenvalue weighted by Crippen LogP contribution is 2.44. The zero-order valence-electron chi connectivity index (χ0n) is 12.8. The van der Waals surface area contributed by atoms with Gasteiger partial charge in [-0.05, 0) is 42.2 Å². The molecule has 1 fully saturated rings.